The van der Waals surface area contributed by atoms with E-state index in [1.54, 1.807) is 18.2 Å². The van der Waals surface area contributed by atoms with Crippen molar-refractivity contribution in [2.75, 3.05) is 0 Å². The van der Waals surface area contributed by atoms with Crippen LogP contribution < -0.4 is 5.56 Å². The van der Waals surface area contributed by atoms with Crippen LogP contribution in [0.4, 0.5) is 4.39 Å². The van der Waals surface area contributed by atoms with Gasteiger partial charge < -0.3 is 0 Å². The molecule has 1 aromatic carbocycles. The molecule has 0 radical (unpaired) electrons. The average Bonchev–Trinajstić information content (AvgIpc) is 3.21. The van der Waals surface area contributed by atoms with Crippen LogP contribution in [0, 0.1) is 17.1 Å². The summed E-state index contributed by atoms with van der Waals surface area (Å²) in [7, 11) is 0. The van der Waals surface area contributed by atoms with E-state index < -0.39 is 5.41 Å². The number of H-pyrrole nitrogens is 1. The zero-order chi connectivity index (χ0) is 15.3. The largest absolute Gasteiger partial charge is 0.295 e. The molecule has 1 aliphatic carbocycles. The third-order valence-electron chi connectivity index (χ3n) is 4.25. The molecule has 2 aromatic heterocycles. The number of aromatic amines is 1. The number of hydrogen-bond donors (Lipinski definition) is 1. The summed E-state index contributed by atoms with van der Waals surface area (Å²) >= 11 is 0. The second-order valence-electron chi connectivity index (χ2n) is 5.50. The first-order valence-corrected chi connectivity index (χ1v) is 6.92. The number of nitrogens with zero attached hydrogens (tertiary/aromatic N) is 3. The van der Waals surface area contributed by atoms with E-state index in [-0.39, 0.29) is 17.0 Å². The maximum absolute atomic E-state index is 14.1. The highest BCUT2D eigenvalue weighted by Crippen LogP contribution is 2.53. The second-order valence-corrected chi connectivity index (χ2v) is 5.50. The molecule has 0 saturated heterocycles. The molecule has 4 rings (SSSR count). The van der Waals surface area contributed by atoms with Gasteiger partial charge in [-0.05, 0) is 24.5 Å². The SMILES string of the molecule is N#Cc1c[nH]n2c(=O)cc(C3(c4ccccc4F)CC3)nc12. The summed E-state index contributed by atoms with van der Waals surface area (Å²) in [6, 6.07) is 9.98. The molecule has 0 unspecified atom stereocenters. The van der Waals surface area contributed by atoms with Gasteiger partial charge in [0.1, 0.15) is 17.4 Å². The molecule has 0 spiro atoms. The highest BCUT2D eigenvalue weighted by Gasteiger charge is 2.49. The topological polar surface area (TPSA) is 73.9 Å². The Kier molecular flexibility index (Phi) is 2.48. The Morgan fingerprint density at radius 2 is 2.14 bits per heavy atom. The predicted molar refractivity (Wildman–Crippen MR) is 76.9 cm³/mol. The maximum Gasteiger partial charge on any atom is 0.272 e. The van der Waals surface area contributed by atoms with Crippen molar-refractivity contribution in [1.82, 2.24) is 14.6 Å². The van der Waals surface area contributed by atoms with E-state index >= 15 is 0 Å². The van der Waals surface area contributed by atoms with E-state index in [4.69, 9.17) is 5.26 Å². The van der Waals surface area contributed by atoms with Gasteiger partial charge in [0.2, 0.25) is 0 Å². The molecule has 108 valence electrons. The molecular formula is C16H11FN4O. The van der Waals surface area contributed by atoms with E-state index in [1.807, 2.05) is 6.07 Å². The quantitative estimate of drug-likeness (QED) is 0.786. The zero-order valence-corrected chi connectivity index (χ0v) is 11.5. The Morgan fingerprint density at radius 1 is 1.36 bits per heavy atom. The van der Waals surface area contributed by atoms with E-state index in [9.17, 15) is 9.18 Å². The van der Waals surface area contributed by atoms with Gasteiger partial charge in [0.05, 0.1) is 5.69 Å². The fraction of sp³-hybridized carbons (Fsp3) is 0.188. The van der Waals surface area contributed by atoms with Crippen LogP contribution in [0.5, 0.6) is 0 Å². The lowest BCUT2D eigenvalue weighted by molar-refractivity contribution is 0.590. The predicted octanol–water partition coefficient (Wildman–Crippen LogP) is 2.11. The van der Waals surface area contributed by atoms with Crippen molar-refractivity contribution < 1.29 is 4.39 Å². The van der Waals surface area contributed by atoms with Crippen LogP contribution in [0.1, 0.15) is 29.7 Å². The Morgan fingerprint density at radius 3 is 2.82 bits per heavy atom. The van der Waals surface area contributed by atoms with E-state index in [0.29, 0.717) is 16.8 Å². The zero-order valence-electron chi connectivity index (χ0n) is 11.5. The molecule has 6 heteroatoms. The van der Waals surface area contributed by atoms with Gasteiger partial charge >= 0.3 is 0 Å². The van der Waals surface area contributed by atoms with Crippen LogP contribution in [0.3, 0.4) is 0 Å². The number of benzene rings is 1. The second kappa shape index (κ2) is 4.28. The third kappa shape index (κ3) is 1.62. The van der Waals surface area contributed by atoms with Crippen molar-refractivity contribution in [1.29, 1.82) is 5.26 Å². The van der Waals surface area contributed by atoms with Crippen molar-refractivity contribution in [3.05, 3.63) is 69.5 Å². The number of rotatable bonds is 2. The number of halogens is 1. The summed E-state index contributed by atoms with van der Waals surface area (Å²) in [5, 5.41) is 11.8. The Labute approximate surface area is 124 Å². The standard InChI is InChI=1S/C16H11FN4O/c17-12-4-2-1-3-11(12)16(5-6-16)13-7-14(22)21-15(20-13)10(8-18)9-19-21/h1-4,7,9,19H,5-6H2. The van der Waals surface area contributed by atoms with Gasteiger partial charge in [-0.2, -0.15) is 5.26 Å². The molecule has 1 fully saturated rings. The summed E-state index contributed by atoms with van der Waals surface area (Å²) < 4.78 is 15.4. The average molecular weight is 294 g/mol. The molecule has 3 aromatic rings. The molecule has 0 amide bonds. The normalized spacial score (nSPS) is 15.6. The molecular weight excluding hydrogens is 283 g/mol. The molecule has 1 saturated carbocycles. The van der Waals surface area contributed by atoms with Crippen molar-refractivity contribution in [3.63, 3.8) is 0 Å². The van der Waals surface area contributed by atoms with Gasteiger partial charge in [0, 0.05) is 17.7 Å². The fourth-order valence-corrected chi connectivity index (χ4v) is 2.95. The van der Waals surface area contributed by atoms with E-state index in [2.05, 4.69) is 10.1 Å². The van der Waals surface area contributed by atoms with Crippen LogP contribution in [-0.4, -0.2) is 14.6 Å². The van der Waals surface area contributed by atoms with Crippen LogP contribution in [0.25, 0.3) is 5.65 Å². The van der Waals surface area contributed by atoms with Gasteiger partial charge in [-0.15, -0.1) is 0 Å². The Hall–Kier alpha value is -2.94. The lowest BCUT2D eigenvalue weighted by Crippen LogP contribution is -2.21. The minimum atomic E-state index is -0.552. The minimum absolute atomic E-state index is 0.285. The lowest BCUT2D eigenvalue weighted by atomic mass is 9.91. The smallest absolute Gasteiger partial charge is 0.272 e. The molecule has 2 heterocycles. The lowest BCUT2D eigenvalue weighted by Gasteiger charge is -2.16. The Balaban J connectivity index is 1.97. The highest BCUT2D eigenvalue weighted by atomic mass is 19.1. The van der Waals surface area contributed by atoms with Crippen molar-refractivity contribution >= 4 is 5.65 Å². The molecule has 1 N–H and O–H groups in total. The van der Waals surface area contributed by atoms with Crippen LogP contribution in [-0.2, 0) is 5.41 Å². The molecule has 0 bridgehead atoms. The van der Waals surface area contributed by atoms with Crippen molar-refractivity contribution in [3.8, 4) is 6.07 Å². The first-order valence-electron chi connectivity index (χ1n) is 6.92. The third-order valence-corrected chi connectivity index (χ3v) is 4.25. The summed E-state index contributed by atoms with van der Waals surface area (Å²) in [5.41, 5.74) is 0.808. The number of nitriles is 1. The van der Waals surface area contributed by atoms with Gasteiger partial charge in [-0.1, -0.05) is 18.2 Å². The van der Waals surface area contributed by atoms with Crippen LogP contribution >= 0.6 is 0 Å². The van der Waals surface area contributed by atoms with Gasteiger partial charge in [0.25, 0.3) is 5.56 Å². The van der Waals surface area contributed by atoms with Gasteiger partial charge in [-0.3, -0.25) is 9.89 Å². The highest BCUT2D eigenvalue weighted by molar-refractivity contribution is 5.55. The van der Waals surface area contributed by atoms with Crippen LogP contribution in [0.2, 0.25) is 0 Å². The van der Waals surface area contributed by atoms with Crippen LogP contribution in [0.15, 0.2) is 41.3 Å². The van der Waals surface area contributed by atoms with Crippen molar-refractivity contribution in [2.45, 2.75) is 18.3 Å². The molecule has 1 aliphatic rings. The summed E-state index contributed by atoms with van der Waals surface area (Å²) in [4.78, 5) is 16.7. The fourth-order valence-electron chi connectivity index (χ4n) is 2.95. The van der Waals surface area contributed by atoms with Gasteiger partial charge in [0.15, 0.2) is 5.65 Å². The minimum Gasteiger partial charge on any atom is -0.295 e. The summed E-state index contributed by atoms with van der Waals surface area (Å²) in [5.74, 6) is -0.295. The number of aromatic nitrogens is 3. The summed E-state index contributed by atoms with van der Waals surface area (Å²) in [6.45, 7) is 0. The molecule has 22 heavy (non-hydrogen) atoms. The van der Waals surface area contributed by atoms with E-state index in [0.717, 1.165) is 12.8 Å². The molecule has 5 nitrogen and oxygen atoms in total. The van der Waals surface area contributed by atoms with Crippen molar-refractivity contribution in [2.24, 2.45) is 0 Å². The van der Waals surface area contributed by atoms with E-state index in [1.165, 1.54) is 22.8 Å². The molecule has 0 aliphatic heterocycles. The first kappa shape index (κ1) is 12.8. The van der Waals surface area contributed by atoms with Gasteiger partial charge in [-0.25, -0.2) is 13.9 Å². The maximum atomic E-state index is 14.1. The number of nitrogens with one attached hydrogen (secondary N) is 1. The summed E-state index contributed by atoms with van der Waals surface area (Å²) in [6.07, 6.45) is 2.92. The number of fused-ring (bicyclic) bond motifs is 1. The Bertz CT molecular complexity index is 991. The first-order chi connectivity index (χ1) is 10.7. The molecule has 0 atom stereocenters. The monoisotopic (exact) mass is 294 g/mol. The number of hydrogen-bond acceptors (Lipinski definition) is 3.